The SMILES string of the molecule is NC(c1cnccn1)c1cc2cc(Cl)cc(Cl)c2o1. The van der Waals surface area contributed by atoms with E-state index in [9.17, 15) is 0 Å². The smallest absolute Gasteiger partial charge is 0.153 e. The minimum Gasteiger partial charge on any atom is -0.457 e. The number of hydrogen-bond acceptors (Lipinski definition) is 4. The highest BCUT2D eigenvalue weighted by atomic mass is 35.5. The van der Waals surface area contributed by atoms with E-state index in [2.05, 4.69) is 9.97 Å². The van der Waals surface area contributed by atoms with Gasteiger partial charge in [0.2, 0.25) is 0 Å². The van der Waals surface area contributed by atoms with Gasteiger partial charge in [-0.25, -0.2) is 0 Å². The van der Waals surface area contributed by atoms with Gasteiger partial charge >= 0.3 is 0 Å². The van der Waals surface area contributed by atoms with E-state index in [1.807, 2.05) is 6.07 Å². The van der Waals surface area contributed by atoms with Crippen LogP contribution in [0, 0.1) is 0 Å². The summed E-state index contributed by atoms with van der Waals surface area (Å²) in [5, 5.41) is 1.82. The molecule has 2 heterocycles. The summed E-state index contributed by atoms with van der Waals surface area (Å²) in [7, 11) is 0. The molecular formula is C13H9Cl2N3O. The second-order valence-electron chi connectivity index (χ2n) is 4.06. The topological polar surface area (TPSA) is 64.9 Å². The van der Waals surface area contributed by atoms with Gasteiger partial charge in [-0.3, -0.25) is 9.97 Å². The Hall–Kier alpha value is -1.62. The number of hydrogen-bond donors (Lipinski definition) is 1. The van der Waals surface area contributed by atoms with Crippen molar-refractivity contribution in [3.63, 3.8) is 0 Å². The molecule has 0 aliphatic carbocycles. The fraction of sp³-hybridized carbons (Fsp3) is 0.0769. The molecule has 0 radical (unpaired) electrons. The molecule has 0 aliphatic heterocycles. The highest BCUT2D eigenvalue weighted by molar-refractivity contribution is 6.38. The molecule has 1 aromatic carbocycles. The summed E-state index contributed by atoms with van der Waals surface area (Å²) in [6.07, 6.45) is 4.78. The van der Waals surface area contributed by atoms with E-state index < -0.39 is 6.04 Å². The number of nitrogens with two attached hydrogens (primary N) is 1. The van der Waals surface area contributed by atoms with Crippen LogP contribution < -0.4 is 5.73 Å². The average molecular weight is 294 g/mol. The van der Waals surface area contributed by atoms with Crippen molar-refractivity contribution in [3.8, 4) is 0 Å². The molecule has 0 spiro atoms. The van der Waals surface area contributed by atoms with Gasteiger partial charge in [0.1, 0.15) is 11.8 Å². The van der Waals surface area contributed by atoms with Gasteiger partial charge in [-0.05, 0) is 18.2 Å². The predicted molar refractivity (Wildman–Crippen MR) is 74.3 cm³/mol. The third-order valence-corrected chi connectivity index (χ3v) is 3.26. The van der Waals surface area contributed by atoms with Crippen LogP contribution in [0.4, 0.5) is 0 Å². The van der Waals surface area contributed by atoms with E-state index in [1.165, 1.54) is 0 Å². The van der Waals surface area contributed by atoms with Crippen LogP contribution in [0.2, 0.25) is 10.0 Å². The first-order chi connectivity index (χ1) is 9.15. The first-order valence-electron chi connectivity index (χ1n) is 5.55. The van der Waals surface area contributed by atoms with E-state index in [-0.39, 0.29) is 0 Å². The van der Waals surface area contributed by atoms with E-state index >= 15 is 0 Å². The first kappa shape index (κ1) is 12.4. The van der Waals surface area contributed by atoms with Crippen molar-refractivity contribution in [2.45, 2.75) is 6.04 Å². The zero-order chi connectivity index (χ0) is 13.4. The number of fused-ring (bicyclic) bond motifs is 1. The number of aromatic nitrogens is 2. The third-order valence-electron chi connectivity index (χ3n) is 2.76. The molecule has 3 aromatic rings. The Morgan fingerprint density at radius 3 is 2.74 bits per heavy atom. The Balaban J connectivity index is 2.09. The van der Waals surface area contributed by atoms with Crippen molar-refractivity contribution >= 4 is 34.2 Å². The Morgan fingerprint density at radius 1 is 1.16 bits per heavy atom. The fourth-order valence-corrected chi connectivity index (χ4v) is 2.41. The number of nitrogens with zero attached hydrogens (tertiary/aromatic N) is 2. The molecule has 19 heavy (non-hydrogen) atoms. The summed E-state index contributed by atoms with van der Waals surface area (Å²) in [6.45, 7) is 0. The summed E-state index contributed by atoms with van der Waals surface area (Å²) in [4.78, 5) is 8.14. The monoisotopic (exact) mass is 293 g/mol. The summed E-state index contributed by atoms with van der Waals surface area (Å²) >= 11 is 12.0. The number of halogens is 2. The van der Waals surface area contributed by atoms with Crippen molar-refractivity contribution in [1.29, 1.82) is 0 Å². The summed E-state index contributed by atoms with van der Waals surface area (Å²) in [5.74, 6) is 0.569. The van der Waals surface area contributed by atoms with Gasteiger partial charge in [0, 0.05) is 22.8 Å². The van der Waals surface area contributed by atoms with E-state index in [4.69, 9.17) is 33.4 Å². The number of benzene rings is 1. The Morgan fingerprint density at radius 2 is 2.00 bits per heavy atom. The highest BCUT2D eigenvalue weighted by Crippen LogP contribution is 2.32. The molecular weight excluding hydrogens is 285 g/mol. The summed E-state index contributed by atoms with van der Waals surface area (Å²) in [5.41, 5.74) is 7.29. The molecule has 4 nitrogen and oxygen atoms in total. The molecule has 0 fully saturated rings. The molecule has 3 rings (SSSR count). The largest absolute Gasteiger partial charge is 0.457 e. The Labute approximate surface area is 119 Å². The molecule has 0 amide bonds. The molecule has 0 saturated heterocycles. The van der Waals surface area contributed by atoms with Gasteiger partial charge in [0.25, 0.3) is 0 Å². The van der Waals surface area contributed by atoms with Crippen LogP contribution in [0.1, 0.15) is 17.5 Å². The standard InChI is InChI=1S/C13H9Cl2N3O/c14-8-3-7-4-11(19-13(7)9(15)5-8)12(16)10-6-17-1-2-18-10/h1-6,12H,16H2. The number of furan rings is 1. The molecule has 1 unspecified atom stereocenters. The van der Waals surface area contributed by atoms with Crippen molar-refractivity contribution in [2.24, 2.45) is 5.73 Å². The molecule has 2 aromatic heterocycles. The van der Waals surface area contributed by atoms with E-state index in [1.54, 1.807) is 30.7 Å². The first-order valence-corrected chi connectivity index (χ1v) is 6.31. The fourth-order valence-electron chi connectivity index (χ4n) is 1.87. The second kappa shape index (κ2) is 4.81. The van der Waals surface area contributed by atoms with Gasteiger partial charge in [-0.1, -0.05) is 23.2 Å². The van der Waals surface area contributed by atoms with Crippen molar-refractivity contribution in [1.82, 2.24) is 9.97 Å². The molecule has 2 N–H and O–H groups in total. The van der Waals surface area contributed by atoms with Crippen LogP contribution in [-0.4, -0.2) is 9.97 Å². The maximum atomic E-state index is 6.10. The quantitative estimate of drug-likeness (QED) is 0.784. The highest BCUT2D eigenvalue weighted by Gasteiger charge is 2.17. The lowest BCUT2D eigenvalue weighted by Crippen LogP contribution is -2.12. The van der Waals surface area contributed by atoms with Crippen LogP contribution >= 0.6 is 23.2 Å². The lowest BCUT2D eigenvalue weighted by atomic mass is 10.1. The number of rotatable bonds is 2. The Kier molecular flexibility index (Phi) is 3.14. The van der Waals surface area contributed by atoms with E-state index in [0.29, 0.717) is 27.1 Å². The zero-order valence-corrected chi connectivity index (χ0v) is 11.2. The van der Waals surface area contributed by atoms with Crippen LogP contribution in [0.3, 0.4) is 0 Å². The maximum Gasteiger partial charge on any atom is 0.153 e. The van der Waals surface area contributed by atoms with Crippen LogP contribution in [-0.2, 0) is 0 Å². The van der Waals surface area contributed by atoms with Gasteiger partial charge < -0.3 is 10.2 Å². The zero-order valence-electron chi connectivity index (χ0n) is 9.68. The second-order valence-corrected chi connectivity index (χ2v) is 4.91. The summed E-state index contributed by atoms with van der Waals surface area (Å²) < 4.78 is 5.69. The minimum atomic E-state index is -0.490. The Bertz CT molecular complexity index is 727. The molecule has 6 heteroatoms. The van der Waals surface area contributed by atoms with Gasteiger partial charge in [0.15, 0.2) is 5.58 Å². The summed E-state index contributed by atoms with van der Waals surface area (Å²) in [6, 6.07) is 4.73. The molecule has 0 bridgehead atoms. The van der Waals surface area contributed by atoms with Crippen LogP contribution in [0.15, 0.2) is 41.2 Å². The van der Waals surface area contributed by atoms with Crippen LogP contribution in [0.5, 0.6) is 0 Å². The van der Waals surface area contributed by atoms with Gasteiger partial charge in [0.05, 0.1) is 16.9 Å². The average Bonchev–Trinajstić information content (AvgIpc) is 2.83. The van der Waals surface area contributed by atoms with Crippen LogP contribution in [0.25, 0.3) is 11.0 Å². The van der Waals surface area contributed by atoms with E-state index in [0.717, 1.165) is 5.39 Å². The lowest BCUT2D eigenvalue weighted by Gasteiger charge is -2.06. The van der Waals surface area contributed by atoms with Gasteiger partial charge in [-0.15, -0.1) is 0 Å². The van der Waals surface area contributed by atoms with Crippen molar-refractivity contribution in [2.75, 3.05) is 0 Å². The normalized spacial score (nSPS) is 12.8. The molecule has 0 aliphatic rings. The third kappa shape index (κ3) is 2.30. The molecule has 0 saturated carbocycles. The minimum absolute atomic E-state index is 0.458. The molecule has 96 valence electrons. The van der Waals surface area contributed by atoms with Crippen molar-refractivity contribution < 1.29 is 4.42 Å². The lowest BCUT2D eigenvalue weighted by molar-refractivity contribution is 0.520. The maximum absolute atomic E-state index is 6.10. The predicted octanol–water partition coefficient (Wildman–Crippen LogP) is 3.58. The van der Waals surface area contributed by atoms with Gasteiger partial charge in [-0.2, -0.15) is 0 Å². The van der Waals surface area contributed by atoms with Crippen molar-refractivity contribution in [3.05, 3.63) is 58.3 Å². The molecule has 1 atom stereocenters.